The third-order valence-electron chi connectivity index (χ3n) is 4.24. The van der Waals surface area contributed by atoms with Gasteiger partial charge in [0.2, 0.25) is 0 Å². The number of thiazole rings is 1. The maximum atomic E-state index is 12.6. The number of esters is 1. The zero-order valence-corrected chi connectivity index (χ0v) is 18.3. The number of aromatic nitrogens is 1. The highest BCUT2D eigenvalue weighted by Gasteiger charge is 2.14. The number of benzene rings is 2. The summed E-state index contributed by atoms with van der Waals surface area (Å²) in [6.07, 6.45) is 0. The topological polar surface area (TPSA) is 78.6 Å². The molecule has 0 aliphatic heterocycles. The SMILES string of the molecule is CCOC(=O)COc1ccc2cc(-c3nc(-c4ccc(Br)cc4)cs3)c(=O)oc2c1. The molecule has 0 aliphatic rings. The second-order valence-electron chi connectivity index (χ2n) is 6.29. The first kappa shape index (κ1) is 20.3. The van der Waals surface area contributed by atoms with E-state index in [0.717, 1.165) is 21.1 Å². The van der Waals surface area contributed by atoms with E-state index in [2.05, 4.69) is 20.9 Å². The number of ether oxygens (including phenoxy) is 2. The van der Waals surface area contributed by atoms with E-state index in [-0.39, 0.29) is 13.2 Å². The summed E-state index contributed by atoms with van der Waals surface area (Å²) in [5, 5.41) is 3.23. The molecule has 0 amide bonds. The van der Waals surface area contributed by atoms with Gasteiger partial charge in [0.1, 0.15) is 16.3 Å². The Morgan fingerprint density at radius 3 is 2.73 bits per heavy atom. The third kappa shape index (κ3) is 4.44. The van der Waals surface area contributed by atoms with E-state index < -0.39 is 11.6 Å². The summed E-state index contributed by atoms with van der Waals surface area (Å²) in [5.74, 6) is -0.0435. The minimum Gasteiger partial charge on any atom is -0.482 e. The van der Waals surface area contributed by atoms with Gasteiger partial charge in [0.25, 0.3) is 0 Å². The Morgan fingerprint density at radius 1 is 1.17 bits per heavy atom. The largest absolute Gasteiger partial charge is 0.482 e. The smallest absolute Gasteiger partial charge is 0.346 e. The lowest BCUT2D eigenvalue weighted by atomic mass is 10.1. The molecular formula is C22H16BrNO5S. The van der Waals surface area contributed by atoms with Crippen LogP contribution in [0.3, 0.4) is 0 Å². The average molecular weight is 486 g/mol. The number of fused-ring (bicyclic) bond motifs is 1. The lowest BCUT2D eigenvalue weighted by Crippen LogP contribution is -2.14. The van der Waals surface area contributed by atoms with Gasteiger partial charge in [-0.1, -0.05) is 28.1 Å². The highest BCUT2D eigenvalue weighted by Crippen LogP contribution is 2.30. The van der Waals surface area contributed by atoms with Gasteiger partial charge in [0.15, 0.2) is 6.61 Å². The van der Waals surface area contributed by atoms with Crippen molar-refractivity contribution in [3.05, 3.63) is 68.8 Å². The normalized spacial score (nSPS) is 10.9. The van der Waals surface area contributed by atoms with Crippen LogP contribution >= 0.6 is 27.3 Å². The summed E-state index contributed by atoms with van der Waals surface area (Å²) < 4.78 is 16.7. The first-order valence-electron chi connectivity index (χ1n) is 9.11. The number of nitrogens with zero attached hydrogens (tertiary/aromatic N) is 1. The Bertz CT molecular complexity index is 1260. The Morgan fingerprint density at radius 2 is 1.97 bits per heavy atom. The van der Waals surface area contributed by atoms with E-state index in [0.29, 0.717) is 21.9 Å². The van der Waals surface area contributed by atoms with Gasteiger partial charge in [-0.15, -0.1) is 11.3 Å². The number of carbonyl (C=O) groups is 1. The minimum atomic E-state index is -0.484. The van der Waals surface area contributed by atoms with Crippen LogP contribution in [0, 0.1) is 0 Å². The lowest BCUT2D eigenvalue weighted by Gasteiger charge is -2.06. The van der Waals surface area contributed by atoms with Crippen LogP contribution in [0.4, 0.5) is 0 Å². The molecule has 4 rings (SSSR count). The molecule has 0 atom stereocenters. The van der Waals surface area contributed by atoms with E-state index >= 15 is 0 Å². The molecule has 6 nitrogen and oxygen atoms in total. The monoisotopic (exact) mass is 485 g/mol. The molecule has 152 valence electrons. The molecular weight excluding hydrogens is 470 g/mol. The fraction of sp³-hybridized carbons (Fsp3) is 0.136. The zero-order chi connectivity index (χ0) is 21.1. The van der Waals surface area contributed by atoms with Crippen molar-refractivity contribution < 1.29 is 18.7 Å². The molecule has 0 aliphatic carbocycles. The first-order valence-corrected chi connectivity index (χ1v) is 10.8. The van der Waals surface area contributed by atoms with Gasteiger partial charge < -0.3 is 13.9 Å². The quantitative estimate of drug-likeness (QED) is 0.272. The van der Waals surface area contributed by atoms with Gasteiger partial charge in [-0.3, -0.25) is 0 Å². The first-order chi connectivity index (χ1) is 14.5. The van der Waals surface area contributed by atoms with Crippen LogP contribution in [0.2, 0.25) is 0 Å². The molecule has 0 spiro atoms. The number of carbonyl (C=O) groups excluding carboxylic acids is 1. The molecule has 0 bridgehead atoms. The molecule has 8 heteroatoms. The second kappa shape index (κ2) is 8.81. The predicted octanol–water partition coefficient (Wildman–Crippen LogP) is 5.29. The third-order valence-corrected chi connectivity index (χ3v) is 5.65. The van der Waals surface area contributed by atoms with Crippen LogP contribution in [0.25, 0.3) is 32.8 Å². The zero-order valence-electron chi connectivity index (χ0n) is 15.9. The van der Waals surface area contributed by atoms with Gasteiger partial charge in [-0.2, -0.15) is 0 Å². The second-order valence-corrected chi connectivity index (χ2v) is 8.06. The fourth-order valence-electron chi connectivity index (χ4n) is 2.83. The van der Waals surface area contributed by atoms with Gasteiger partial charge in [-0.25, -0.2) is 14.6 Å². The molecule has 0 saturated heterocycles. The number of rotatable bonds is 6. The highest BCUT2D eigenvalue weighted by molar-refractivity contribution is 9.10. The van der Waals surface area contributed by atoms with Gasteiger partial charge in [0, 0.05) is 26.9 Å². The molecule has 2 aromatic heterocycles. The standard InChI is InChI=1S/C22H16BrNO5S/c1-2-27-20(25)11-28-16-8-5-14-9-17(22(26)29-19(14)10-16)21-24-18(12-30-21)13-3-6-15(23)7-4-13/h3-10,12H,2,11H2,1H3. The summed E-state index contributed by atoms with van der Waals surface area (Å²) in [6.45, 7) is 1.81. The number of hydrogen-bond acceptors (Lipinski definition) is 7. The molecule has 0 saturated carbocycles. The van der Waals surface area contributed by atoms with Gasteiger partial charge in [0.05, 0.1) is 17.9 Å². The molecule has 2 aromatic carbocycles. The van der Waals surface area contributed by atoms with Crippen molar-refractivity contribution in [3.63, 3.8) is 0 Å². The van der Waals surface area contributed by atoms with Gasteiger partial charge >= 0.3 is 11.6 Å². The Balaban J connectivity index is 1.61. The van der Waals surface area contributed by atoms with Gasteiger partial charge in [-0.05, 0) is 37.3 Å². The average Bonchev–Trinajstić information content (AvgIpc) is 3.22. The van der Waals surface area contributed by atoms with Crippen molar-refractivity contribution in [3.8, 4) is 27.6 Å². The summed E-state index contributed by atoms with van der Waals surface area (Å²) in [5.41, 5.74) is 2.05. The van der Waals surface area contributed by atoms with E-state index in [1.54, 1.807) is 31.2 Å². The van der Waals surface area contributed by atoms with Crippen LogP contribution in [-0.2, 0) is 9.53 Å². The van der Waals surface area contributed by atoms with E-state index in [1.165, 1.54) is 11.3 Å². The molecule has 30 heavy (non-hydrogen) atoms. The van der Waals surface area contributed by atoms with Crippen molar-refractivity contribution in [2.75, 3.05) is 13.2 Å². The maximum Gasteiger partial charge on any atom is 0.346 e. The van der Waals surface area contributed by atoms with E-state index in [1.807, 2.05) is 29.6 Å². The molecule has 0 radical (unpaired) electrons. The number of halogens is 1. The van der Waals surface area contributed by atoms with Crippen LogP contribution in [-0.4, -0.2) is 24.2 Å². The van der Waals surface area contributed by atoms with Crippen LogP contribution in [0.15, 0.2) is 67.6 Å². The van der Waals surface area contributed by atoms with Crippen molar-refractivity contribution >= 4 is 44.2 Å². The minimum absolute atomic E-state index is 0.209. The van der Waals surface area contributed by atoms with Crippen molar-refractivity contribution in [1.29, 1.82) is 0 Å². The highest BCUT2D eigenvalue weighted by atomic mass is 79.9. The summed E-state index contributed by atoms with van der Waals surface area (Å²) in [4.78, 5) is 28.6. The Labute approximate surface area is 184 Å². The molecule has 0 unspecified atom stereocenters. The maximum absolute atomic E-state index is 12.6. The molecule has 2 heterocycles. The summed E-state index contributed by atoms with van der Waals surface area (Å²) in [7, 11) is 0. The van der Waals surface area contributed by atoms with Crippen molar-refractivity contribution in [2.24, 2.45) is 0 Å². The van der Waals surface area contributed by atoms with Crippen LogP contribution in [0.5, 0.6) is 5.75 Å². The Kier molecular flexibility index (Phi) is 5.96. The molecule has 0 fully saturated rings. The molecule has 4 aromatic rings. The Hall–Kier alpha value is -2.97. The lowest BCUT2D eigenvalue weighted by molar-refractivity contribution is -0.145. The fourth-order valence-corrected chi connectivity index (χ4v) is 3.92. The van der Waals surface area contributed by atoms with Crippen LogP contribution < -0.4 is 10.4 Å². The van der Waals surface area contributed by atoms with Crippen LogP contribution in [0.1, 0.15) is 6.92 Å². The predicted molar refractivity (Wildman–Crippen MR) is 119 cm³/mol. The van der Waals surface area contributed by atoms with E-state index in [9.17, 15) is 9.59 Å². The summed E-state index contributed by atoms with van der Waals surface area (Å²) >= 11 is 4.80. The van der Waals surface area contributed by atoms with E-state index in [4.69, 9.17) is 13.9 Å². The van der Waals surface area contributed by atoms with Crippen molar-refractivity contribution in [2.45, 2.75) is 6.92 Å². The molecule has 0 N–H and O–H groups in total. The number of hydrogen-bond donors (Lipinski definition) is 0. The summed E-state index contributed by atoms with van der Waals surface area (Å²) in [6, 6.07) is 14.6. The van der Waals surface area contributed by atoms with Crippen molar-refractivity contribution in [1.82, 2.24) is 4.98 Å².